The topological polar surface area (TPSA) is 64.0 Å². The fourth-order valence-corrected chi connectivity index (χ4v) is 3.54. The number of hydrogen-bond acceptors (Lipinski definition) is 3. The number of nitrogens with one attached hydrogen (secondary N) is 1. The van der Waals surface area contributed by atoms with E-state index in [1.54, 1.807) is 19.9 Å². The molecule has 1 aliphatic rings. The third-order valence-corrected chi connectivity index (χ3v) is 5.24. The number of amides is 1. The number of hydrogen-bond donors (Lipinski definition) is 1. The number of aromatic nitrogens is 2. The lowest BCUT2D eigenvalue weighted by molar-refractivity contribution is -0.142. The van der Waals surface area contributed by atoms with Gasteiger partial charge in [0.15, 0.2) is 0 Å². The largest absolute Gasteiger partial charge is 0.438 e. The fraction of sp³-hybridized carbons (Fsp3) is 0.526. The van der Waals surface area contributed by atoms with Gasteiger partial charge in [-0.25, -0.2) is 4.98 Å². The van der Waals surface area contributed by atoms with Crippen LogP contribution < -0.4 is 10.9 Å². The highest BCUT2D eigenvalue weighted by Gasteiger charge is 2.38. The van der Waals surface area contributed by atoms with E-state index in [9.17, 15) is 22.8 Å². The van der Waals surface area contributed by atoms with Gasteiger partial charge < -0.3 is 5.32 Å². The smallest absolute Gasteiger partial charge is 0.352 e. The van der Waals surface area contributed by atoms with E-state index in [0.717, 1.165) is 41.4 Å². The normalized spacial score (nSPS) is 16.7. The molecule has 0 radical (unpaired) electrons. The zero-order chi connectivity index (χ0) is 19.9. The third-order valence-electron chi connectivity index (χ3n) is 5.24. The Kier molecular flexibility index (Phi) is 5.01. The SMILES string of the molecule is Cc1cc2nc(C(F)(F)F)c(=O)n([C@H](C)C(=O)NC3CCCC3)c2cc1C. The third kappa shape index (κ3) is 3.70. The van der Waals surface area contributed by atoms with Gasteiger partial charge in [0.05, 0.1) is 11.0 Å². The summed E-state index contributed by atoms with van der Waals surface area (Å²) < 4.78 is 41.0. The summed E-state index contributed by atoms with van der Waals surface area (Å²) in [6, 6.07) is 2.05. The number of halogens is 3. The minimum absolute atomic E-state index is 0.00909. The molecule has 8 heteroatoms. The highest BCUT2D eigenvalue weighted by Crippen LogP contribution is 2.28. The molecule has 0 aliphatic heterocycles. The van der Waals surface area contributed by atoms with Gasteiger partial charge >= 0.3 is 6.18 Å². The van der Waals surface area contributed by atoms with Gasteiger partial charge in [-0.1, -0.05) is 12.8 Å². The molecule has 1 heterocycles. The van der Waals surface area contributed by atoms with Crippen LogP contribution >= 0.6 is 0 Å². The Morgan fingerprint density at radius 1 is 1.22 bits per heavy atom. The zero-order valence-electron chi connectivity index (χ0n) is 15.5. The maximum absolute atomic E-state index is 13.4. The Balaban J connectivity index is 2.16. The highest BCUT2D eigenvalue weighted by atomic mass is 19.4. The van der Waals surface area contributed by atoms with Gasteiger partial charge in [-0.2, -0.15) is 13.2 Å². The van der Waals surface area contributed by atoms with E-state index in [4.69, 9.17) is 0 Å². The average Bonchev–Trinajstić information content (AvgIpc) is 3.07. The summed E-state index contributed by atoms with van der Waals surface area (Å²) in [7, 11) is 0. The second kappa shape index (κ2) is 6.98. The van der Waals surface area contributed by atoms with Crippen molar-refractivity contribution in [2.24, 2.45) is 0 Å². The molecule has 1 aliphatic carbocycles. The number of carbonyl (C=O) groups excluding carboxylic acids is 1. The van der Waals surface area contributed by atoms with Crippen molar-refractivity contribution < 1.29 is 18.0 Å². The van der Waals surface area contributed by atoms with Crippen molar-refractivity contribution in [2.45, 2.75) is 64.7 Å². The summed E-state index contributed by atoms with van der Waals surface area (Å²) in [6.45, 7) is 5.00. The van der Waals surface area contributed by atoms with E-state index in [0.29, 0.717) is 0 Å². The summed E-state index contributed by atoms with van der Waals surface area (Å²) in [5, 5.41) is 2.85. The first-order chi connectivity index (χ1) is 12.6. The Morgan fingerprint density at radius 3 is 2.41 bits per heavy atom. The van der Waals surface area contributed by atoms with Crippen LogP contribution in [0.5, 0.6) is 0 Å². The van der Waals surface area contributed by atoms with Crippen molar-refractivity contribution in [3.63, 3.8) is 0 Å². The number of rotatable bonds is 3. The Labute approximate surface area is 154 Å². The van der Waals surface area contributed by atoms with Crippen LogP contribution in [0.15, 0.2) is 16.9 Å². The van der Waals surface area contributed by atoms with Crippen LogP contribution in [0, 0.1) is 13.8 Å². The lowest BCUT2D eigenvalue weighted by Gasteiger charge is -2.22. The zero-order valence-corrected chi connectivity index (χ0v) is 15.5. The molecule has 0 bridgehead atoms. The summed E-state index contributed by atoms with van der Waals surface area (Å²) >= 11 is 0. The molecular formula is C19H22F3N3O2. The maximum atomic E-state index is 13.4. The molecule has 1 N–H and O–H groups in total. The van der Waals surface area contributed by atoms with E-state index in [1.165, 1.54) is 13.0 Å². The minimum atomic E-state index is -4.90. The van der Waals surface area contributed by atoms with E-state index in [-0.39, 0.29) is 17.1 Å². The molecule has 146 valence electrons. The summed E-state index contributed by atoms with van der Waals surface area (Å²) in [4.78, 5) is 28.8. The molecule has 1 aromatic carbocycles. The summed E-state index contributed by atoms with van der Waals surface area (Å²) in [5.41, 5.74) is -0.959. The number of fused-ring (bicyclic) bond motifs is 1. The molecule has 1 atom stereocenters. The summed E-state index contributed by atoms with van der Waals surface area (Å²) in [5.74, 6) is -0.456. The molecule has 27 heavy (non-hydrogen) atoms. The van der Waals surface area contributed by atoms with Gasteiger partial charge in [0.1, 0.15) is 6.04 Å². The molecule has 0 spiro atoms. The van der Waals surface area contributed by atoms with Crippen LogP contribution in [0.3, 0.4) is 0 Å². The highest BCUT2D eigenvalue weighted by molar-refractivity contribution is 5.84. The standard InChI is InChI=1S/C19H22F3N3O2/c1-10-8-14-15(9-11(10)2)25(18(27)16(24-14)19(20,21)22)12(3)17(26)23-13-6-4-5-7-13/h8-9,12-13H,4-7H2,1-3H3,(H,23,26)/t12-/m1/s1. The lowest BCUT2D eigenvalue weighted by atomic mass is 10.1. The van der Waals surface area contributed by atoms with Crippen molar-refractivity contribution >= 4 is 16.9 Å². The van der Waals surface area contributed by atoms with Gasteiger partial charge in [0, 0.05) is 6.04 Å². The van der Waals surface area contributed by atoms with Crippen LogP contribution in [0.4, 0.5) is 13.2 Å². The minimum Gasteiger partial charge on any atom is -0.352 e. The molecule has 1 amide bonds. The Bertz CT molecular complexity index is 944. The number of benzene rings is 1. The first kappa shape index (κ1) is 19.4. The van der Waals surface area contributed by atoms with E-state index in [2.05, 4.69) is 10.3 Å². The second-order valence-corrected chi connectivity index (χ2v) is 7.22. The molecule has 1 saturated carbocycles. The van der Waals surface area contributed by atoms with Crippen LogP contribution in [0.25, 0.3) is 11.0 Å². The number of carbonyl (C=O) groups is 1. The number of nitrogens with zero attached hydrogens (tertiary/aromatic N) is 2. The van der Waals surface area contributed by atoms with E-state index in [1.807, 2.05) is 0 Å². The predicted molar refractivity (Wildman–Crippen MR) is 95.6 cm³/mol. The van der Waals surface area contributed by atoms with Crippen LogP contribution in [0.1, 0.15) is 55.5 Å². The first-order valence-electron chi connectivity index (χ1n) is 9.00. The molecule has 2 aromatic rings. The fourth-order valence-electron chi connectivity index (χ4n) is 3.54. The van der Waals surface area contributed by atoms with E-state index >= 15 is 0 Å². The lowest BCUT2D eigenvalue weighted by Crippen LogP contribution is -2.42. The Hall–Kier alpha value is -2.38. The molecule has 5 nitrogen and oxygen atoms in total. The second-order valence-electron chi connectivity index (χ2n) is 7.22. The van der Waals surface area contributed by atoms with Crippen molar-refractivity contribution in [2.75, 3.05) is 0 Å². The van der Waals surface area contributed by atoms with Gasteiger partial charge in [-0.05, 0) is 56.9 Å². The van der Waals surface area contributed by atoms with Gasteiger partial charge in [0.25, 0.3) is 5.56 Å². The molecule has 0 unspecified atom stereocenters. The predicted octanol–water partition coefficient (Wildman–Crippen LogP) is 3.65. The van der Waals surface area contributed by atoms with Gasteiger partial charge in [-0.15, -0.1) is 0 Å². The van der Waals surface area contributed by atoms with Crippen LogP contribution in [0.2, 0.25) is 0 Å². The average molecular weight is 381 g/mol. The van der Waals surface area contributed by atoms with Crippen LogP contribution in [-0.2, 0) is 11.0 Å². The first-order valence-corrected chi connectivity index (χ1v) is 9.00. The number of aryl methyl sites for hydroxylation is 2. The van der Waals surface area contributed by atoms with Gasteiger partial charge in [0.2, 0.25) is 11.6 Å². The maximum Gasteiger partial charge on any atom is 0.438 e. The van der Waals surface area contributed by atoms with Gasteiger partial charge in [-0.3, -0.25) is 14.2 Å². The molecule has 3 rings (SSSR count). The molecule has 1 aromatic heterocycles. The van der Waals surface area contributed by atoms with Crippen molar-refractivity contribution in [1.29, 1.82) is 0 Å². The van der Waals surface area contributed by atoms with Crippen LogP contribution in [-0.4, -0.2) is 21.5 Å². The van der Waals surface area contributed by atoms with Crippen molar-refractivity contribution in [3.05, 3.63) is 39.3 Å². The number of alkyl halides is 3. The molecule has 0 saturated heterocycles. The monoisotopic (exact) mass is 381 g/mol. The van der Waals surface area contributed by atoms with Crippen molar-refractivity contribution in [1.82, 2.24) is 14.9 Å². The molecule has 1 fully saturated rings. The quantitative estimate of drug-likeness (QED) is 0.883. The Morgan fingerprint density at radius 2 is 1.81 bits per heavy atom. The van der Waals surface area contributed by atoms with E-state index < -0.39 is 29.4 Å². The van der Waals surface area contributed by atoms with Crippen molar-refractivity contribution in [3.8, 4) is 0 Å². The molecular weight excluding hydrogens is 359 g/mol. The summed E-state index contributed by atoms with van der Waals surface area (Å²) in [6.07, 6.45) is -1.19.